The van der Waals surface area contributed by atoms with E-state index >= 15 is 0 Å². The van der Waals surface area contributed by atoms with Crippen LogP contribution in [0.1, 0.15) is 17.6 Å². The molecule has 0 radical (unpaired) electrons. The molecular formula is C14H10F4. The van der Waals surface area contributed by atoms with Crippen LogP contribution in [0.2, 0.25) is 0 Å². The minimum absolute atomic E-state index is 0.245. The summed E-state index contributed by atoms with van der Waals surface area (Å²) in [5.41, 5.74) is 0.656. The maximum atomic E-state index is 13.4. The van der Waals surface area contributed by atoms with Crippen molar-refractivity contribution in [1.82, 2.24) is 0 Å². The zero-order valence-electron chi connectivity index (χ0n) is 9.55. The summed E-state index contributed by atoms with van der Waals surface area (Å²) in [6.45, 7) is 1.88. The van der Waals surface area contributed by atoms with Crippen molar-refractivity contribution in [3.05, 3.63) is 59.2 Å². The van der Waals surface area contributed by atoms with E-state index in [0.717, 1.165) is 17.7 Å². The standard InChI is InChI=1S/C14H10F4/c1-8-2-4-9(5-3-8)10-6-11(15)13(14(17)18)12(16)7-10/h2-7,14H,1H3. The molecule has 94 valence electrons. The van der Waals surface area contributed by atoms with Crippen LogP contribution in [0.5, 0.6) is 0 Å². The lowest BCUT2D eigenvalue weighted by Crippen LogP contribution is -1.97. The van der Waals surface area contributed by atoms with E-state index in [2.05, 4.69) is 0 Å². The lowest BCUT2D eigenvalue weighted by atomic mass is 10.0. The summed E-state index contributed by atoms with van der Waals surface area (Å²) in [4.78, 5) is 0. The highest BCUT2D eigenvalue weighted by molar-refractivity contribution is 5.64. The van der Waals surface area contributed by atoms with Crippen molar-refractivity contribution in [2.24, 2.45) is 0 Å². The molecule has 0 atom stereocenters. The third kappa shape index (κ3) is 2.37. The van der Waals surface area contributed by atoms with Gasteiger partial charge >= 0.3 is 0 Å². The first-order valence-electron chi connectivity index (χ1n) is 5.33. The Hall–Kier alpha value is -1.84. The number of hydrogen-bond donors (Lipinski definition) is 0. The van der Waals surface area contributed by atoms with Gasteiger partial charge in [0.05, 0.1) is 5.56 Å². The van der Waals surface area contributed by atoms with Crippen LogP contribution in [0.3, 0.4) is 0 Å². The molecule has 0 spiro atoms. The maximum Gasteiger partial charge on any atom is 0.269 e. The maximum absolute atomic E-state index is 13.4. The molecule has 0 amide bonds. The fourth-order valence-electron chi connectivity index (χ4n) is 1.71. The second-order valence-corrected chi connectivity index (χ2v) is 4.02. The minimum atomic E-state index is -3.16. The average Bonchev–Trinajstić information content (AvgIpc) is 2.28. The Morgan fingerprint density at radius 2 is 1.33 bits per heavy atom. The lowest BCUT2D eigenvalue weighted by Gasteiger charge is -2.08. The number of hydrogen-bond acceptors (Lipinski definition) is 0. The summed E-state index contributed by atoms with van der Waals surface area (Å²) in [7, 11) is 0. The highest BCUT2D eigenvalue weighted by Gasteiger charge is 2.20. The van der Waals surface area contributed by atoms with E-state index in [4.69, 9.17) is 0 Å². The molecular weight excluding hydrogens is 244 g/mol. The summed E-state index contributed by atoms with van der Waals surface area (Å²) in [5.74, 6) is -2.44. The second-order valence-electron chi connectivity index (χ2n) is 4.02. The first-order valence-corrected chi connectivity index (χ1v) is 5.33. The minimum Gasteiger partial charge on any atom is -0.206 e. The molecule has 0 bridgehead atoms. The van der Waals surface area contributed by atoms with E-state index < -0.39 is 23.6 Å². The number of aryl methyl sites for hydroxylation is 1. The van der Waals surface area contributed by atoms with E-state index in [1.807, 2.05) is 6.92 Å². The van der Waals surface area contributed by atoms with Crippen molar-refractivity contribution in [1.29, 1.82) is 0 Å². The van der Waals surface area contributed by atoms with Gasteiger partial charge in [-0.15, -0.1) is 0 Å². The second kappa shape index (κ2) is 4.80. The molecule has 2 rings (SSSR count). The Balaban J connectivity index is 2.51. The monoisotopic (exact) mass is 254 g/mol. The zero-order chi connectivity index (χ0) is 13.3. The summed E-state index contributed by atoms with van der Waals surface area (Å²) in [5, 5.41) is 0. The summed E-state index contributed by atoms with van der Waals surface area (Å²) in [6.07, 6.45) is -3.16. The van der Waals surface area contributed by atoms with Crippen LogP contribution < -0.4 is 0 Å². The SMILES string of the molecule is Cc1ccc(-c2cc(F)c(C(F)F)c(F)c2)cc1. The van der Waals surface area contributed by atoms with Gasteiger partial charge in [-0.1, -0.05) is 29.8 Å². The molecule has 0 N–H and O–H groups in total. The van der Waals surface area contributed by atoms with Gasteiger partial charge in [0.25, 0.3) is 6.43 Å². The third-order valence-corrected chi connectivity index (χ3v) is 2.68. The fraction of sp³-hybridized carbons (Fsp3) is 0.143. The van der Waals surface area contributed by atoms with Gasteiger partial charge in [0, 0.05) is 0 Å². The van der Waals surface area contributed by atoms with Crippen LogP contribution in [-0.2, 0) is 0 Å². The van der Waals surface area contributed by atoms with E-state index in [9.17, 15) is 17.6 Å². The normalized spacial score (nSPS) is 11.0. The van der Waals surface area contributed by atoms with Gasteiger partial charge in [-0.3, -0.25) is 0 Å². The predicted molar refractivity (Wildman–Crippen MR) is 61.5 cm³/mol. The van der Waals surface area contributed by atoms with Crippen LogP contribution in [-0.4, -0.2) is 0 Å². The van der Waals surface area contributed by atoms with Crippen molar-refractivity contribution in [2.75, 3.05) is 0 Å². The molecule has 0 unspecified atom stereocenters. The van der Waals surface area contributed by atoms with Crippen molar-refractivity contribution in [2.45, 2.75) is 13.3 Å². The van der Waals surface area contributed by atoms with Gasteiger partial charge in [-0.05, 0) is 30.2 Å². The average molecular weight is 254 g/mol. The number of halogens is 4. The highest BCUT2D eigenvalue weighted by atomic mass is 19.3. The first-order chi connectivity index (χ1) is 8.49. The van der Waals surface area contributed by atoms with Crippen LogP contribution >= 0.6 is 0 Å². The van der Waals surface area contributed by atoms with Crippen molar-refractivity contribution in [3.63, 3.8) is 0 Å². The number of alkyl halides is 2. The highest BCUT2D eigenvalue weighted by Crippen LogP contribution is 2.30. The molecule has 0 heterocycles. The van der Waals surface area contributed by atoms with E-state index in [0.29, 0.717) is 5.56 Å². The van der Waals surface area contributed by atoms with Crippen LogP contribution in [0.25, 0.3) is 11.1 Å². The molecule has 0 fully saturated rings. The van der Waals surface area contributed by atoms with Crippen LogP contribution in [0, 0.1) is 18.6 Å². The smallest absolute Gasteiger partial charge is 0.206 e. The van der Waals surface area contributed by atoms with Crippen molar-refractivity contribution in [3.8, 4) is 11.1 Å². The Morgan fingerprint density at radius 1 is 0.833 bits per heavy atom. The van der Waals surface area contributed by atoms with Crippen molar-refractivity contribution >= 4 is 0 Å². The largest absolute Gasteiger partial charge is 0.269 e. The molecule has 2 aromatic carbocycles. The van der Waals surface area contributed by atoms with E-state index in [-0.39, 0.29) is 5.56 Å². The third-order valence-electron chi connectivity index (χ3n) is 2.68. The summed E-state index contributed by atoms with van der Waals surface area (Å²) < 4.78 is 51.6. The van der Waals surface area contributed by atoms with Gasteiger partial charge in [0.1, 0.15) is 11.6 Å². The molecule has 0 saturated carbocycles. The molecule has 0 aromatic heterocycles. The van der Waals surface area contributed by atoms with E-state index in [1.165, 1.54) is 0 Å². The zero-order valence-corrected chi connectivity index (χ0v) is 9.55. The molecule has 0 nitrogen and oxygen atoms in total. The molecule has 0 saturated heterocycles. The fourth-order valence-corrected chi connectivity index (χ4v) is 1.71. The summed E-state index contributed by atoms with van der Waals surface area (Å²) >= 11 is 0. The lowest BCUT2D eigenvalue weighted by molar-refractivity contribution is 0.141. The Bertz CT molecular complexity index is 536. The molecule has 0 aliphatic heterocycles. The van der Waals surface area contributed by atoms with Crippen LogP contribution in [0.4, 0.5) is 17.6 Å². The number of rotatable bonds is 2. The van der Waals surface area contributed by atoms with Gasteiger partial charge in [0.15, 0.2) is 0 Å². The summed E-state index contributed by atoms with van der Waals surface area (Å²) in [6, 6.07) is 8.79. The van der Waals surface area contributed by atoms with Gasteiger partial charge < -0.3 is 0 Å². The quantitative estimate of drug-likeness (QED) is 0.670. The van der Waals surface area contributed by atoms with E-state index in [1.54, 1.807) is 24.3 Å². The van der Waals surface area contributed by atoms with Crippen molar-refractivity contribution < 1.29 is 17.6 Å². The first kappa shape index (κ1) is 12.6. The Labute approximate surface area is 102 Å². The molecule has 0 aliphatic carbocycles. The van der Waals surface area contributed by atoms with Gasteiger partial charge in [0.2, 0.25) is 0 Å². The van der Waals surface area contributed by atoms with Crippen LogP contribution in [0.15, 0.2) is 36.4 Å². The topological polar surface area (TPSA) is 0 Å². The predicted octanol–water partition coefficient (Wildman–Crippen LogP) is 4.88. The molecule has 0 aliphatic rings. The molecule has 18 heavy (non-hydrogen) atoms. The Morgan fingerprint density at radius 3 is 1.78 bits per heavy atom. The van der Waals surface area contributed by atoms with Gasteiger partial charge in [-0.2, -0.15) is 0 Å². The molecule has 2 aromatic rings. The number of benzene rings is 2. The Kier molecular flexibility index (Phi) is 3.36. The molecule has 4 heteroatoms. The van der Waals surface area contributed by atoms with Gasteiger partial charge in [-0.25, -0.2) is 17.6 Å².